The lowest BCUT2D eigenvalue weighted by Crippen LogP contribution is -2.37. The third kappa shape index (κ3) is 4.35. The minimum atomic E-state index is -0.318. The van der Waals surface area contributed by atoms with Crippen molar-refractivity contribution in [3.63, 3.8) is 0 Å². The molecule has 0 aliphatic carbocycles. The first-order valence-electron chi connectivity index (χ1n) is 8.08. The van der Waals surface area contributed by atoms with Gasteiger partial charge in [-0.2, -0.15) is 0 Å². The fourth-order valence-electron chi connectivity index (χ4n) is 2.72. The van der Waals surface area contributed by atoms with E-state index in [4.69, 9.17) is 4.74 Å². The number of ether oxygens (including phenoxy) is 1. The summed E-state index contributed by atoms with van der Waals surface area (Å²) in [6.07, 6.45) is 0.811. The van der Waals surface area contributed by atoms with E-state index in [9.17, 15) is 4.79 Å². The second kappa shape index (κ2) is 7.64. The molecule has 5 heteroatoms. The Kier molecular flexibility index (Phi) is 5.11. The molecule has 0 radical (unpaired) electrons. The van der Waals surface area contributed by atoms with Crippen molar-refractivity contribution in [2.24, 2.45) is 4.99 Å². The van der Waals surface area contributed by atoms with Gasteiger partial charge < -0.3 is 15.4 Å². The van der Waals surface area contributed by atoms with Gasteiger partial charge >= 0.3 is 5.97 Å². The molecule has 0 bridgehead atoms. The number of benzene rings is 2. The molecule has 0 fully saturated rings. The highest BCUT2D eigenvalue weighted by molar-refractivity contribution is 5.81. The van der Waals surface area contributed by atoms with Gasteiger partial charge in [0.15, 0.2) is 5.96 Å². The van der Waals surface area contributed by atoms with Gasteiger partial charge in [-0.05, 0) is 29.7 Å². The van der Waals surface area contributed by atoms with Crippen LogP contribution in [0.1, 0.15) is 24.1 Å². The Balaban J connectivity index is 1.84. The van der Waals surface area contributed by atoms with Crippen LogP contribution in [0.15, 0.2) is 59.6 Å². The smallest absolute Gasteiger partial charge is 0.308 e. The molecule has 1 atom stereocenters. The molecule has 124 valence electrons. The van der Waals surface area contributed by atoms with Gasteiger partial charge in [-0.3, -0.25) is 9.79 Å². The predicted octanol–water partition coefficient (Wildman–Crippen LogP) is 2.44. The first-order valence-corrected chi connectivity index (χ1v) is 8.08. The summed E-state index contributed by atoms with van der Waals surface area (Å²) in [5.74, 6) is 1.05. The Morgan fingerprint density at radius 1 is 1.25 bits per heavy atom. The van der Waals surface area contributed by atoms with Gasteiger partial charge in [0, 0.05) is 13.5 Å². The lowest BCUT2D eigenvalue weighted by Gasteiger charge is -2.21. The Labute approximate surface area is 141 Å². The average Bonchev–Trinajstić information content (AvgIpc) is 3.08. The van der Waals surface area contributed by atoms with Crippen molar-refractivity contribution in [1.29, 1.82) is 0 Å². The summed E-state index contributed by atoms with van der Waals surface area (Å²) in [4.78, 5) is 15.6. The van der Waals surface area contributed by atoms with Crippen LogP contribution < -0.4 is 15.4 Å². The molecule has 1 unspecified atom stereocenters. The molecule has 2 N–H and O–H groups in total. The second-order valence-corrected chi connectivity index (χ2v) is 5.71. The van der Waals surface area contributed by atoms with E-state index in [0.29, 0.717) is 5.75 Å². The molecule has 0 spiro atoms. The highest BCUT2D eigenvalue weighted by Gasteiger charge is 2.17. The molecule has 5 nitrogen and oxygen atoms in total. The zero-order valence-electron chi connectivity index (χ0n) is 13.7. The quantitative estimate of drug-likeness (QED) is 0.655. The molecule has 0 saturated carbocycles. The van der Waals surface area contributed by atoms with Crippen molar-refractivity contribution in [2.45, 2.75) is 19.4 Å². The van der Waals surface area contributed by atoms with Crippen LogP contribution in [0.2, 0.25) is 0 Å². The molecule has 0 saturated heterocycles. The van der Waals surface area contributed by atoms with Crippen molar-refractivity contribution in [3.05, 3.63) is 65.7 Å². The summed E-state index contributed by atoms with van der Waals surface area (Å²) in [7, 11) is 0. The lowest BCUT2D eigenvalue weighted by atomic mass is 9.98. The van der Waals surface area contributed by atoms with Gasteiger partial charge in [0.1, 0.15) is 5.75 Å². The Morgan fingerprint density at radius 3 is 2.79 bits per heavy atom. The van der Waals surface area contributed by atoms with Gasteiger partial charge in [0.25, 0.3) is 0 Å². The van der Waals surface area contributed by atoms with Crippen LogP contribution >= 0.6 is 0 Å². The van der Waals surface area contributed by atoms with E-state index in [2.05, 4.69) is 27.8 Å². The lowest BCUT2D eigenvalue weighted by molar-refractivity contribution is -0.131. The van der Waals surface area contributed by atoms with Crippen molar-refractivity contribution >= 4 is 11.9 Å². The number of aliphatic imine (C=N–C) groups is 1. The van der Waals surface area contributed by atoms with Crippen molar-refractivity contribution in [2.75, 3.05) is 13.1 Å². The minimum Gasteiger partial charge on any atom is -0.427 e. The van der Waals surface area contributed by atoms with Gasteiger partial charge in [-0.25, -0.2) is 0 Å². The van der Waals surface area contributed by atoms with E-state index in [1.807, 2.05) is 36.4 Å². The van der Waals surface area contributed by atoms with Gasteiger partial charge in [0.05, 0.1) is 12.6 Å². The van der Waals surface area contributed by atoms with Crippen LogP contribution in [0.3, 0.4) is 0 Å². The molecular weight excluding hydrogens is 302 g/mol. The fraction of sp³-hybridized carbons (Fsp3) is 0.263. The Hall–Kier alpha value is -2.82. The van der Waals surface area contributed by atoms with Crippen LogP contribution in [0.4, 0.5) is 0 Å². The summed E-state index contributed by atoms with van der Waals surface area (Å²) in [6, 6.07) is 17.9. The van der Waals surface area contributed by atoms with Crippen molar-refractivity contribution in [1.82, 2.24) is 10.6 Å². The summed E-state index contributed by atoms with van der Waals surface area (Å²) in [5.41, 5.74) is 2.28. The largest absolute Gasteiger partial charge is 0.427 e. The fourth-order valence-corrected chi connectivity index (χ4v) is 2.72. The number of esters is 1. The van der Waals surface area contributed by atoms with E-state index < -0.39 is 0 Å². The van der Waals surface area contributed by atoms with Crippen LogP contribution in [-0.2, 0) is 11.2 Å². The average molecular weight is 323 g/mol. The zero-order valence-corrected chi connectivity index (χ0v) is 13.7. The third-order valence-corrected chi connectivity index (χ3v) is 3.79. The highest BCUT2D eigenvalue weighted by atomic mass is 16.5. The molecule has 0 aromatic heterocycles. The number of hydrogen-bond acceptors (Lipinski definition) is 5. The maximum atomic E-state index is 11.2. The SMILES string of the molecule is CC(=O)Oc1cccc(C(Cc2ccccc2)NC2=NCCN2)c1. The second-order valence-electron chi connectivity index (χ2n) is 5.71. The number of guanidine groups is 1. The molecule has 2 aromatic rings. The van der Waals surface area contributed by atoms with E-state index in [1.165, 1.54) is 12.5 Å². The van der Waals surface area contributed by atoms with Crippen molar-refractivity contribution < 1.29 is 9.53 Å². The standard InChI is InChI=1S/C19H21N3O2/c1-14(23)24-17-9-5-8-16(13-17)18(22-19-20-10-11-21-19)12-15-6-3-2-4-7-15/h2-9,13,18H,10-12H2,1H3,(H2,20,21,22). The number of carbonyl (C=O) groups is 1. The molecule has 1 aliphatic rings. The summed E-state index contributed by atoms with van der Waals surface area (Å²) < 4.78 is 5.21. The van der Waals surface area contributed by atoms with E-state index >= 15 is 0 Å². The van der Waals surface area contributed by atoms with E-state index in [1.54, 1.807) is 6.07 Å². The number of nitrogens with zero attached hydrogens (tertiary/aromatic N) is 1. The molecule has 0 amide bonds. The molecule has 3 rings (SSSR count). The van der Waals surface area contributed by atoms with Crippen LogP contribution in [0, 0.1) is 0 Å². The van der Waals surface area contributed by atoms with Crippen molar-refractivity contribution in [3.8, 4) is 5.75 Å². The van der Waals surface area contributed by atoms with E-state index in [-0.39, 0.29) is 12.0 Å². The summed E-state index contributed by atoms with van der Waals surface area (Å²) in [6.45, 7) is 3.05. The molecule has 2 aromatic carbocycles. The normalized spacial score (nSPS) is 14.5. The van der Waals surface area contributed by atoms with Crippen LogP contribution in [0.25, 0.3) is 0 Å². The zero-order chi connectivity index (χ0) is 16.8. The maximum absolute atomic E-state index is 11.2. The predicted molar refractivity (Wildman–Crippen MR) is 94.1 cm³/mol. The number of carbonyl (C=O) groups excluding carboxylic acids is 1. The van der Waals surface area contributed by atoms with Gasteiger partial charge in [-0.1, -0.05) is 42.5 Å². The van der Waals surface area contributed by atoms with Crippen LogP contribution in [0.5, 0.6) is 5.75 Å². The number of rotatable bonds is 5. The first-order chi connectivity index (χ1) is 11.7. The van der Waals surface area contributed by atoms with Gasteiger partial charge in [0.2, 0.25) is 0 Å². The topological polar surface area (TPSA) is 62.7 Å². The third-order valence-electron chi connectivity index (χ3n) is 3.79. The van der Waals surface area contributed by atoms with E-state index in [0.717, 1.165) is 31.0 Å². The minimum absolute atomic E-state index is 0.0345. The molecule has 1 heterocycles. The monoisotopic (exact) mass is 323 g/mol. The Bertz CT molecular complexity index is 728. The van der Waals surface area contributed by atoms with Crippen LogP contribution in [-0.4, -0.2) is 25.0 Å². The Morgan fingerprint density at radius 2 is 2.08 bits per heavy atom. The summed E-state index contributed by atoms with van der Waals surface area (Å²) in [5, 5.41) is 6.70. The highest BCUT2D eigenvalue weighted by Crippen LogP contribution is 2.23. The molecule has 24 heavy (non-hydrogen) atoms. The molecule has 1 aliphatic heterocycles. The number of nitrogens with one attached hydrogen (secondary N) is 2. The number of hydrogen-bond donors (Lipinski definition) is 2. The maximum Gasteiger partial charge on any atom is 0.308 e. The molecular formula is C19H21N3O2. The first kappa shape index (κ1) is 16.1. The summed E-state index contributed by atoms with van der Waals surface area (Å²) >= 11 is 0. The van der Waals surface area contributed by atoms with Gasteiger partial charge in [-0.15, -0.1) is 0 Å².